The number of fused-ring (bicyclic) bond motifs is 1. The Morgan fingerprint density at radius 3 is 2.18 bits per heavy atom. The number of piperidine rings is 2. The molecule has 0 amide bonds. The first-order valence-electron chi connectivity index (χ1n) is 13.1. The Labute approximate surface area is 252 Å². The van der Waals surface area contributed by atoms with Crippen molar-refractivity contribution in [2.75, 3.05) is 36.0 Å². The van der Waals surface area contributed by atoms with Crippen LogP contribution < -0.4 is 9.80 Å². The maximum atomic E-state index is 10.3. The highest BCUT2D eigenvalue weighted by molar-refractivity contribution is 9.11. The normalized spacial score (nSPS) is 16.5. The van der Waals surface area contributed by atoms with Crippen LogP contribution >= 0.6 is 55.0 Å². The lowest BCUT2D eigenvalue weighted by molar-refractivity contribution is 0.471. The molecule has 0 radical (unpaired) electrons. The predicted molar refractivity (Wildman–Crippen MR) is 166 cm³/mol. The number of hydrogen-bond donors (Lipinski definition) is 1. The van der Waals surface area contributed by atoms with Crippen LogP contribution in [0.1, 0.15) is 44.1 Å². The van der Waals surface area contributed by atoms with Crippen molar-refractivity contribution in [1.82, 2.24) is 19.9 Å². The van der Waals surface area contributed by atoms with Gasteiger partial charge in [0.1, 0.15) is 5.75 Å². The largest absolute Gasteiger partial charge is 0.506 e. The topological polar surface area (TPSA) is 90.6 Å². The maximum Gasteiger partial charge on any atom is 0.231 e. The molecular formula is C27H27Br2N7OS2. The summed E-state index contributed by atoms with van der Waals surface area (Å²) in [5.41, 5.74) is 2.33. The number of benzene rings is 2. The van der Waals surface area contributed by atoms with E-state index in [4.69, 9.17) is 19.9 Å². The predicted octanol–water partition coefficient (Wildman–Crippen LogP) is 7.59. The van der Waals surface area contributed by atoms with Gasteiger partial charge in [-0.2, -0.15) is 15.0 Å². The molecular weight excluding hydrogens is 662 g/mol. The summed E-state index contributed by atoms with van der Waals surface area (Å²) in [5.74, 6) is 1.73. The third-order valence-electron chi connectivity index (χ3n) is 6.81. The van der Waals surface area contributed by atoms with Crippen molar-refractivity contribution in [1.29, 1.82) is 0 Å². The molecule has 0 spiro atoms. The highest BCUT2D eigenvalue weighted by atomic mass is 79.9. The van der Waals surface area contributed by atoms with Crippen molar-refractivity contribution in [2.45, 2.75) is 48.0 Å². The van der Waals surface area contributed by atoms with E-state index in [1.54, 1.807) is 23.6 Å². The van der Waals surface area contributed by atoms with E-state index in [2.05, 4.69) is 46.7 Å². The minimum Gasteiger partial charge on any atom is -0.506 e. The van der Waals surface area contributed by atoms with Gasteiger partial charge in [0.05, 0.1) is 20.4 Å². The number of aromatic nitrogens is 4. The number of nitrogens with zero attached hydrogens (tertiary/aromatic N) is 7. The second kappa shape index (κ2) is 12.1. The number of aromatic hydroxyl groups is 1. The van der Waals surface area contributed by atoms with Gasteiger partial charge in [-0.25, -0.2) is 4.98 Å². The lowest BCUT2D eigenvalue weighted by atomic mass is 10.1. The van der Waals surface area contributed by atoms with Crippen molar-refractivity contribution in [2.24, 2.45) is 4.99 Å². The number of hydrogen-bond acceptors (Lipinski definition) is 10. The summed E-state index contributed by atoms with van der Waals surface area (Å²) in [5, 5.41) is 11.0. The van der Waals surface area contributed by atoms with Crippen LogP contribution in [-0.4, -0.2) is 57.4 Å². The minimum absolute atomic E-state index is 0.157. The van der Waals surface area contributed by atoms with Gasteiger partial charge in [0, 0.05) is 42.4 Å². The highest BCUT2D eigenvalue weighted by Crippen LogP contribution is 2.36. The molecule has 2 aromatic heterocycles. The van der Waals surface area contributed by atoms with Crippen LogP contribution in [0.25, 0.3) is 10.2 Å². The van der Waals surface area contributed by atoms with Gasteiger partial charge in [0.25, 0.3) is 0 Å². The van der Waals surface area contributed by atoms with Gasteiger partial charge < -0.3 is 14.9 Å². The summed E-state index contributed by atoms with van der Waals surface area (Å²) >= 11 is 9.93. The molecule has 8 nitrogen and oxygen atoms in total. The molecule has 2 saturated heterocycles. The fourth-order valence-electron chi connectivity index (χ4n) is 4.77. The van der Waals surface area contributed by atoms with Crippen LogP contribution in [0.4, 0.5) is 17.6 Å². The number of phenolic OH excluding ortho intramolecular Hbond substituents is 1. The number of thiazole rings is 1. The molecule has 4 aromatic rings. The molecule has 0 bridgehead atoms. The quantitative estimate of drug-likeness (QED) is 0.207. The Balaban J connectivity index is 1.26. The van der Waals surface area contributed by atoms with Gasteiger partial charge >= 0.3 is 0 Å². The number of rotatable bonds is 6. The Hall–Kier alpha value is -2.28. The highest BCUT2D eigenvalue weighted by Gasteiger charge is 2.21. The second-order valence-electron chi connectivity index (χ2n) is 9.63. The van der Waals surface area contributed by atoms with Gasteiger partial charge in [0.15, 0.2) is 4.34 Å². The average Bonchev–Trinajstić information content (AvgIpc) is 3.36. The second-order valence-corrected chi connectivity index (χ2v) is 13.6. The zero-order valence-corrected chi connectivity index (χ0v) is 26.0. The zero-order chi connectivity index (χ0) is 26.8. The van der Waals surface area contributed by atoms with Crippen molar-refractivity contribution < 1.29 is 5.11 Å². The lowest BCUT2D eigenvalue weighted by Gasteiger charge is -2.30. The van der Waals surface area contributed by atoms with Crippen molar-refractivity contribution in [3.63, 3.8) is 0 Å². The van der Waals surface area contributed by atoms with Gasteiger partial charge in [-0.3, -0.25) is 4.99 Å². The van der Waals surface area contributed by atoms with Crippen LogP contribution in [0.15, 0.2) is 53.8 Å². The number of anilines is 2. The molecule has 2 aliphatic rings. The van der Waals surface area contributed by atoms with Crippen LogP contribution in [-0.2, 0) is 0 Å². The molecule has 2 aliphatic heterocycles. The first-order valence-corrected chi connectivity index (χ1v) is 16.3. The molecule has 2 aromatic carbocycles. The first kappa shape index (κ1) is 26.9. The molecule has 39 heavy (non-hydrogen) atoms. The van der Waals surface area contributed by atoms with Crippen molar-refractivity contribution >= 4 is 89.0 Å². The molecule has 0 unspecified atom stereocenters. The van der Waals surface area contributed by atoms with Crippen LogP contribution in [0, 0.1) is 0 Å². The van der Waals surface area contributed by atoms with Gasteiger partial charge in [-0.15, -0.1) is 11.3 Å². The van der Waals surface area contributed by atoms with Crippen LogP contribution in [0.2, 0.25) is 0 Å². The average molecular weight is 690 g/mol. The molecule has 2 fully saturated rings. The van der Waals surface area contributed by atoms with Crippen LogP contribution in [0.3, 0.4) is 0 Å². The smallest absolute Gasteiger partial charge is 0.231 e. The van der Waals surface area contributed by atoms with Crippen molar-refractivity contribution in [3.05, 3.63) is 44.8 Å². The van der Waals surface area contributed by atoms with E-state index in [0.29, 0.717) is 15.2 Å². The Bertz CT molecular complexity index is 1480. The summed E-state index contributed by atoms with van der Waals surface area (Å²) in [6, 6.07) is 9.55. The molecule has 12 heteroatoms. The fourth-order valence-corrected chi connectivity index (χ4v) is 7.98. The summed E-state index contributed by atoms with van der Waals surface area (Å²) in [4.78, 5) is 28.7. The lowest BCUT2D eigenvalue weighted by Crippen LogP contribution is -2.34. The third kappa shape index (κ3) is 6.39. The van der Waals surface area contributed by atoms with Gasteiger partial charge in [0.2, 0.25) is 17.1 Å². The first-order chi connectivity index (χ1) is 19.0. The number of phenols is 1. The molecule has 6 rings (SSSR count). The molecule has 0 atom stereocenters. The zero-order valence-electron chi connectivity index (χ0n) is 21.2. The van der Waals surface area contributed by atoms with Crippen molar-refractivity contribution in [3.8, 4) is 5.75 Å². The fraction of sp³-hybridized carbons (Fsp3) is 0.370. The summed E-state index contributed by atoms with van der Waals surface area (Å²) in [6.07, 6.45) is 8.89. The van der Waals surface area contributed by atoms with E-state index in [1.807, 2.05) is 24.3 Å². The molecule has 0 aliphatic carbocycles. The summed E-state index contributed by atoms with van der Waals surface area (Å²) < 4.78 is 3.40. The van der Waals surface area contributed by atoms with E-state index in [9.17, 15) is 5.11 Å². The van der Waals surface area contributed by atoms with E-state index < -0.39 is 0 Å². The number of aliphatic imine (C=N–C) groups is 1. The molecule has 4 heterocycles. The maximum absolute atomic E-state index is 10.3. The SMILES string of the molecule is Oc1c(Br)cc(Br)cc1C=Nc1ccc2nc(Sc3nc(N4CCCCC4)nc(N4CCCCC4)n3)sc2c1. The summed E-state index contributed by atoms with van der Waals surface area (Å²) in [7, 11) is 0. The monoisotopic (exact) mass is 687 g/mol. The Morgan fingerprint density at radius 2 is 1.51 bits per heavy atom. The number of halogens is 2. The van der Waals surface area contributed by atoms with Gasteiger partial charge in [-0.1, -0.05) is 15.9 Å². The van der Waals surface area contributed by atoms with Crippen LogP contribution in [0.5, 0.6) is 5.75 Å². The van der Waals surface area contributed by atoms with E-state index in [1.165, 1.54) is 50.3 Å². The molecule has 202 valence electrons. The Kier molecular flexibility index (Phi) is 8.33. The van der Waals surface area contributed by atoms with Gasteiger partial charge in [-0.05, 0) is 96.5 Å². The summed E-state index contributed by atoms with van der Waals surface area (Å²) in [6.45, 7) is 3.97. The van der Waals surface area contributed by atoms with E-state index in [0.717, 1.165) is 62.8 Å². The standard InChI is InChI=1S/C27H27Br2N7OS2/c28-18-13-17(23(37)20(29)14-18)16-30-19-7-8-21-22(15-19)38-27(31-21)39-26-33-24(35-9-3-1-4-10-35)32-25(34-26)36-11-5-2-6-12-36/h7-8,13-16,37H,1-6,9-12H2. The van der Waals surface area contributed by atoms with E-state index in [-0.39, 0.29) is 5.75 Å². The molecule has 0 saturated carbocycles. The van der Waals surface area contributed by atoms with E-state index >= 15 is 0 Å². The minimum atomic E-state index is 0.157. The third-order valence-corrected chi connectivity index (χ3v) is 9.82. The Morgan fingerprint density at radius 1 is 0.846 bits per heavy atom. The molecule has 1 N–H and O–H groups in total.